The van der Waals surface area contributed by atoms with E-state index in [4.69, 9.17) is 0 Å². The van der Waals surface area contributed by atoms with E-state index < -0.39 is 0 Å². The zero-order valence-corrected chi connectivity index (χ0v) is 18.0. The van der Waals surface area contributed by atoms with Gasteiger partial charge in [0.2, 0.25) is 0 Å². The molecule has 1 unspecified atom stereocenters. The summed E-state index contributed by atoms with van der Waals surface area (Å²) in [7, 11) is 0. The van der Waals surface area contributed by atoms with Crippen molar-refractivity contribution in [2.45, 2.75) is 79.1 Å². The van der Waals surface area contributed by atoms with Crippen molar-refractivity contribution in [1.29, 1.82) is 0 Å². The van der Waals surface area contributed by atoms with E-state index in [1.54, 1.807) is 6.07 Å². The molecule has 1 aromatic carbocycles. The molecule has 1 aromatic rings. The third kappa shape index (κ3) is 7.87. The topological polar surface area (TPSA) is 0 Å². The number of halogens is 1. The Morgan fingerprint density at radius 2 is 1.93 bits per heavy atom. The normalized spacial score (nSPS) is 13.1. The maximum atomic E-state index is 14.0. The van der Waals surface area contributed by atoms with Gasteiger partial charge >= 0.3 is 0 Å². The molecule has 0 saturated carbocycles. The second kappa shape index (κ2) is 12.0. The number of unbranched alkanes of at least 4 members (excludes halogenated alkanes) is 1. The van der Waals surface area contributed by atoms with Crippen molar-refractivity contribution in [3.8, 4) is 0 Å². The van der Waals surface area contributed by atoms with Gasteiger partial charge in [0.05, 0.1) is 0 Å². The minimum absolute atomic E-state index is 0.0994. The largest absolute Gasteiger partial charge is 0.206 e. The molecule has 150 valence electrons. The van der Waals surface area contributed by atoms with E-state index in [0.717, 1.165) is 25.7 Å². The SMILES string of the molecule is C=CCCCC(CCC)C(=C)C(C)(C)CC/C=C/c1cc(CC)ccc1F. The minimum Gasteiger partial charge on any atom is -0.206 e. The third-order valence-corrected chi connectivity index (χ3v) is 5.66. The van der Waals surface area contributed by atoms with Crippen molar-refractivity contribution in [2.75, 3.05) is 0 Å². The van der Waals surface area contributed by atoms with Crippen LogP contribution in [0.3, 0.4) is 0 Å². The average Bonchev–Trinajstić information content (AvgIpc) is 2.65. The lowest BCUT2D eigenvalue weighted by Crippen LogP contribution is -2.20. The average molecular weight is 371 g/mol. The van der Waals surface area contributed by atoms with E-state index in [2.05, 4.69) is 46.9 Å². The van der Waals surface area contributed by atoms with Crippen LogP contribution in [-0.4, -0.2) is 0 Å². The minimum atomic E-state index is -0.141. The van der Waals surface area contributed by atoms with Gasteiger partial charge in [-0.15, -0.1) is 6.58 Å². The van der Waals surface area contributed by atoms with Crippen LogP contribution < -0.4 is 0 Å². The zero-order valence-electron chi connectivity index (χ0n) is 18.0. The Morgan fingerprint density at radius 3 is 2.56 bits per heavy atom. The molecule has 0 amide bonds. The Balaban J connectivity index is 2.67. The molecule has 0 radical (unpaired) electrons. The maximum Gasteiger partial charge on any atom is 0.130 e. The number of hydrogen-bond donors (Lipinski definition) is 0. The first-order valence-electron chi connectivity index (χ1n) is 10.6. The lowest BCUT2D eigenvalue weighted by Gasteiger charge is -2.33. The van der Waals surface area contributed by atoms with E-state index in [1.807, 2.05) is 24.3 Å². The van der Waals surface area contributed by atoms with Crippen LogP contribution in [0.1, 0.15) is 83.8 Å². The van der Waals surface area contributed by atoms with Gasteiger partial charge in [-0.2, -0.15) is 0 Å². The van der Waals surface area contributed by atoms with Gasteiger partial charge in [-0.1, -0.05) is 70.6 Å². The van der Waals surface area contributed by atoms with Crippen molar-refractivity contribution in [3.05, 3.63) is 66.0 Å². The summed E-state index contributed by atoms with van der Waals surface area (Å²) < 4.78 is 14.0. The van der Waals surface area contributed by atoms with Gasteiger partial charge in [0.25, 0.3) is 0 Å². The van der Waals surface area contributed by atoms with E-state index in [0.29, 0.717) is 11.5 Å². The number of aryl methyl sites for hydroxylation is 1. The lowest BCUT2D eigenvalue weighted by molar-refractivity contribution is 0.338. The molecule has 27 heavy (non-hydrogen) atoms. The fourth-order valence-electron chi connectivity index (χ4n) is 3.66. The molecule has 0 aliphatic carbocycles. The highest BCUT2D eigenvalue weighted by Crippen LogP contribution is 2.39. The number of rotatable bonds is 13. The van der Waals surface area contributed by atoms with Crippen molar-refractivity contribution in [1.82, 2.24) is 0 Å². The Labute approximate surface area is 167 Å². The smallest absolute Gasteiger partial charge is 0.130 e. The van der Waals surface area contributed by atoms with Crippen LogP contribution in [0, 0.1) is 17.2 Å². The molecule has 0 saturated heterocycles. The summed E-state index contributed by atoms with van der Waals surface area (Å²) in [5.41, 5.74) is 3.34. The Kier molecular flexibility index (Phi) is 10.4. The first-order chi connectivity index (χ1) is 12.9. The maximum absolute atomic E-state index is 14.0. The molecule has 0 fully saturated rings. The molecule has 0 nitrogen and oxygen atoms in total. The van der Waals surface area contributed by atoms with Gasteiger partial charge in [-0.3, -0.25) is 0 Å². The molecular weight excluding hydrogens is 331 g/mol. The quantitative estimate of drug-likeness (QED) is 0.241. The van der Waals surface area contributed by atoms with Crippen molar-refractivity contribution in [3.63, 3.8) is 0 Å². The van der Waals surface area contributed by atoms with Crippen LogP contribution in [0.15, 0.2) is 49.1 Å². The van der Waals surface area contributed by atoms with Gasteiger partial charge in [-0.25, -0.2) is 4.39 Å². The van der Waals surface area contributed by atoms with Crippen molar-refractivity contribution < 1.29 is 4.39 Å². The van der Waals surface area contributed by atoms with Crippen LogP contribution in [0.4, 0.5) is 4.39 Å². The molecule has 1 rings (SSSR count). The summed E-state index contributed by atoms with van der Waals surface area (Å²) in [5.74, 6) is 0.449. The number of benzene rings is 1. The molecule has 0 spiro atoms. The first kappa shape index (κ1) is 23.4. The fraction of sp³-hybridized carbons (Fsp3) is 0.538. The monoisotopic (exact) mass is 370 g/mol. The summed E-state index contributed by atoms with van der Waals surface area (Å²) in [4.78, 5) is 0. The van der Waals surface area contributed by atoms with Gasteiger partial charge in [0.15, 0.2) is 0 Å². The predicted octanol–water partition coefficient (Wildman–Crippen LogP) is 8.54. The summed E-state index contributed by atoms with van der Waals surface area (Å²) >= 11 is 0. The van der Waals surface area contributed by atoms with Gasteiger partial charge in [0, 0.05) is 5.56 Å². The molecular formula is C26H39F. The second-order valence-electron chi connectivity index (χ2n) is 8.26. The Bertz CT molecular complexity index is 621. The van der Waals surface area contributed by atoms with E-state index in [1.165, 1.54) is 36.8 Å². The number of hydrogen-bond acceptors (Lipinski definition) is 0. The van der Waals surface area contributed by atoms with Crippen LogP contribution in [0.5, 0.6) is 0 Å². The van der Waals surface area contributed by atoms with Crippen LogP contribution in [-0.2, 0) is 6.42 Å². The van der Waals surface area contributed by atoms with Crippen molar-refractivity contribution in [2.24, 2.45) is 11.3 Å². The highest BCUT2D eigenvalue weighted by atomic mass is 19.1. The zero-order chi connectivity index (χ0) is 20.3. The van der Waals surface area contributed by atoms with Gasteiger partial charge in [-0.05, 0) is 74.0 Å². The van der Waals surface area contributed by atoms with E-state index >= 15 is 0 Å². The molecule has 0 aliphatic heterocycles. The lowest BCUT2D eigenvalue weighted by atomic mass is 9.72. The van der Waals surface area contributed by atoms with E-state index in [-0.39, 0.29) is 11.2 Å². The fourth-order valence-corrected chi connectivity index (χ4v) is 3.66. The standard InChI is InChI=1S/C26H39F/c1-7-10-11-15-23(14-8-2)21(4)26(5,6)19-13-12-16-24-20-22(9-3)17-18-25(24)27/h7,12,16-18,20,23H,1,4,8-11,13-15,19H2,2-3,5-6H3/b16-12+. The highest BCUT2D eigenvalue weighted by Gasteiger charge is 2.26. The van der Waals surface area contributed by atoms with E-state index in [9.17, 15) is 4.39 Å². The highest BCUT2D eigenvalue weighted by molar-refractivity contribution is 5.51. The molecule has 0 heterocycles. The molecule has 0 aliphatic rings. The Hall–Kier alpha value is -1.63. The summed E-state index contributed by atoms with van der Waals surface area (Å²) in [6, 6.07) is 5.38. The summed E-state index contributed by atoms with van der Waals surface area (Å²) in [6.07, 6.45) is 14.8. The summed E-state index contributed by atoms with van der Waals surface area (Å²) in [6.45, 7) is 17.3. The molecule has 0 bridgehead atoms. The molecule has 1 heteroatoms. The summed E-state index contributed by atoms with van der Waals surface area (Å²) in [5, 5.41) is 0. The van der Waals surface area contributed by atoms with Crippen LogP contribution in [0.2, 0.25) is 0 Å². The Morgan fingerprint density at radius 1 is 1.19 bits per heavy atom. The molecule has 0 aromatic heterocycles. The first-order valence-corrected chi connectivity index (χ1v) is 10.6. The van der Waals surface area contributed by atoms with Crippen molar-refractivity contribution >= 4 is 6.08 Å². The number of allylic oxidation sites excluding steroid dienone is 3. The predicted molar refractivity (Wildman–Crippen MR) is 119 cm³/mol. The third-order valence-electron chi connectivity index (χ3n) is 5.66. The second-order valence-corrected chi connectivity index (χ2v) is 8.26. The van der Waals surface area contributed by atoms with Gasteiger partial charge in [0.1, 0.15) is 5.82 Å². The van der Waals surface area contributed by atoms with Crippen LogP contribution >= 0.6 is 0 Å². The van der Waals surface area contributed by atoms with Crippen LogP contribution in [0.25, 0.3) is 6.08 Å². The molecule has 1 atom stereocenters. The van der Waals surface area contributed by atoms with Gasteiger partial charge < -0.3 is 0 Å². The molecule has 0 N–H and O–H groups in total.